The maximum Gasteiger partial charge on any atom is 0.143 e. The van der Waals surface area contributed by atoms with Gasteiger partial charge >= 0.3 is 0 Å². The van der Waals surface area contributed by atoms with E-state index in [2.05, 4.69) is 217 Å². The van der Waals surface area contributed by atoms with Gasteiger partial charge in [0.05, 0.1) is 5.69 Å². The fourth-order valence-corrected chi connectivity index (χ4v) is 8.01. The maximum atomic E-state index is 6.58. The molecule has 2 nitrogen and oxygen atoms in total. The molecule has 0 unspecified atom stereocenters. The van der Waals surface area contributed by atoms with Crippen molar-refractivity contribution < 1.29 is 4.42 Å². The van der Waals surface area contributed by atoms with Gasteiger partial charge in [-0.2, -0.15) is 0 Å². The van der Waals surface area contributed by atoms with Gasteiger partial charge in [-0.1, -0.05) is 182 Å². The fraction of sp³-hybridized carbons (Fsp3) is 0. The zero-order chi connectivity index (χ0) is 37.3. The van der Waals surface area contributed by atoms with Gasteiger partial charge in [-0.05, 0) is 86.6 Å². The van der Waals surface area contributed by atoms with Crippen LogP contribution in [-0.4, -0.2) is 0 Å². The Hall–Kier alpha value is -7.42. The average Bonchev–Trinajstić information content (AvgIpc) is 3.68. The Bertz CT molecular complexity index is 2940. The second-order valence-electron chi connectivity index (χ2n) is 14.1. The van der Waals surface area contributed by atoms with Crippen molar-refractivity contribution in [2.45, 2.75) is 0 Å². The zero-order valence-electron chi connectivity index (χ0n) is 30.7. The average molecular weight is 716 g/mol. The monoisotopic (exact) mass is 715 g/mol. The Morgan fingerprint density at radius 3 is 1.61 bits per heavy atom. The van der Waals surface area contributed by atoms with Crippen molar-refractivity contribution in [3.63, 3.8) is 0 Å². The summed E-state index contributed by atoms with van der Waals surface area (Å²) in [4.78, 5) is 2.37. The third kappa shape index (κ3) is 6.14. The minimum absolute atomic E-state index is 0.881. The standard InChI is InChI=1S/C54H37NO/c1-3-15-40(16-4-1)49-24-9-11-27-51(49)55(46-35-31-41(32-36-46)48-26-14-20-39-17-7-8-23-47(39)48)45-33-29-38(30-34-45)43-21-13-22-44(37-43)54-53(42-18-5-2-6-19-42)50-25-10-12-28-52(50)56-54/h1-37H. The van der Waals surface area contributed by atoms with Crippen molar-refractivity contribution in [1.29, 1.82) is 0 Å². The number of hydrogen-bond acceptors (Lipinski definition) is 2. The molecule has 1 heterocycles. The van der Waals surface area contributed by atoms with Crippen LogP contribution < -0.4 is 4.90 Å². The normalized spacial score (nSPS) is 11.2. The quantitative estimate of drug-likeness (QED) is 0.156. The van der Waals surface area contributed by atoms with E-state index in [-0.39, 0.29) is 0 Å². The van der Waals surface area contributed by atoms with Crippen molar-refractivity contribution in [3.05, 3.63) is 224 Å². The molecular formula is C54H37NO. The van der Waals surface area contributed by atoms with Gasteiger partial charge in [-0.3, -0.25) is 0 Å². The van der Waals surface area contributed by atoms with Crippen LogP contribution in [0.4, 0.5) is 17.1 Å². The molecule has 0 atom stereocenters. The third-order valence-electron chi connectivity index (χ3n) is 10.7. The van der Waals surface area contributed by atoms with Crippen molar-refractivity contribution in [2.75, 3.05) is 4.90 Å². The van der Waals surface area contributed by atoms with Gasteiger partial charge in [0.1, 0.15) is 11.3 Å². The smallest absolute Gasteiger partial charge is 0.143 e. The Morgan fingerprint density at radius 2 is 0.839 bits per heavy atom. The van der Waals surface area contributed by atoms with Crippen LogP contribution in [0.3, 0.4) is 0 Å². The first kappa shape index (κ1) is 33.2. The first-order chi connectivity index (χ1) is 27.8. The Morgan fingerprint density at radius 1 is 0.321 bits per heavy atom. The predicted octanol–water partition coefficient (Wildman–Crippen LogP) is 15.4. The van der Waals surface area contributed by atoms with Gasteiger partial charge in [0.25, 0.3) is 0 Å². The molecule has 56 heavy (non-hydrogen) atoms. The van der Waals surface area contributed by atoms with E-state index in [1.165, 1.54) is 33.0 Å². The number of para-hydroxylation sites is 2. The largest absolute Gasteiger partial charge is 0.455 e. The molecule has 0 aliphatic heterocycles. The topological polar surface area (TPSA) is 16.4 Å². The lowest BCUT2D eigenvalue weighted by atomic mass is 9.96. The SMILES string of the molecule is c1ccc(-c2ccccc2N(c2ccc(-c3cccc(-c4oc5ccccc5c4-c4ccccc4)c3)cc2)c2ccc(-c3cccc4ccccc34)cc2)cc1. The van der Waals surface area contributed by atoms with Crippen LogP contribution in [0.1, 0.15) is 0 Å². The number of rotatable bonds is 8. The number of benzene rings is 9. The van der Waals surface area contributed by atoms with E-state index in [0.717, 1.165) is 61.6 Å². The zero-order valence-corrected chi connectivity index (χ0v) is 30.7. The summed E-state index contributed by atoms with van der Waals surface area (Å²) in [6, 6.07) is 79.9. The van der Waals surface area contributed by atoms with Crippen LogP contribution in [0, 0.1) is 0 Å². The Balaban J connectivity index is 1.05. The third-order valence-corrected chi connectivity index (χ3v) is 10.7. The van der Waals surface area contributed by atoms with Gasteiger partial charge in [-0.15, -0.1) is 0 Å². The van der Waals surface area contributed by atoms with Crippen LogP contribution in [0.2, 0.25) is 0 Å². The van der Waals surface area contributed by atoms with Crippen molar-refractivity contribution in [2.24, 2.45) is 0 Å². The van der Waals surface area contributed by atoms with Gasteiger partial charge in [-0.25, -0.2) is 0 Å². The van der Waals surface area contributed by atoms with E-state index in [1.54, 1.807) is 0 Å². The summed E-state index contributed by atoms with van der Waals surface area (Å²) >= 11 is 0. The first-order valence-corrected chi connectivity index (χ1v) is 19.1. The summed E-state index contributed by atoms with van der Waals surface area (Å²) < 4.78 is 6.58. The summed E-state index contributed by atoms with van der Waals surface area (Å²) in [5, 5.41) is 3.61. The molecule has 0 saturated carbocycles. The van der Waals surface area contributed by atoms with Gasteiger partial charge in [0.2, 0.25) is 0 Å². The molecule has 0 spiro atoms. The molecule has 0 aliphatic rings. The van der Waals surface area contributed by atoms with E-state index in [1.807, 2.05) is 12.1 Å². The summed E-state index contributed by atoms with van der Waals surface area (Å²) in [5.74, 6) is 0.881. The second kappa shape index (κ2) is 14.4. The van der Waals surface area contributed by atoms with Gasteiger partial charge in [0.15, 0.2) is 0 Å². The number of furan rings is 1. The van der Waals surface area contributed by atoms with Crippen LogP contribution in [-0.2, 0) is 0 Å². The van der Waals surface area contributed by atoms with Crippen molar-refractivity contribution in [3.8, 4) is 55.8 Å². The van der Waals surface area contributed by atoms with Crippen LogP contribution in [0.5, 0.6) is 0 Å². The molecule has 0 amide bonds. The predicted molar refractivity (Wildman–Crippen MR) is 236 cm³/mol. The lowest BCUT2D eigenvalue weighted by molar-refractivity contribution is 0.632. The summed E-state index contributed by atoms with van der Waals surface area (Å²) in [6.07, 6.45) is 0. The van der Waals surface area contributed by atoms with Crippen LogP contribution >= 0.6 is 0 Å². The molecule has 0 fully saturated rings. The highest BCUT2D eigenvalue weighted by atomic mass is 16.3. The van der Waals surface area contributed by atoms with E-state index in [9.17, 15) is 0 Å². The summed E-state index contributed by atoms with van der Waals surface area (Å²) in [5.41, 5.74) is 14.5. The molecule has 2 heteroatoms. The lowest BCUT2D eigenvalue weighted by Gasteiger charge is -2.28. The molecule has 0 radical (unpaired) electrons. The molecule has 0 aliphatic carbocycles. The van der Waals surface area contributed by atoms with E-state index in [4.69, 9.17) is 4.42 Å². The molecule has 0 N–H and O–H groups in total. The highest BCUT2D eigenvalue weighted by Crippen LogP contribution is 2.44. The van der Waals surface area contributed by atoms with Crippen molar-refractivity contribution >= 4 is 38.8 Å². The second-order valence-corrected chi connectivity index (χ2v) is 14.1. The van der Waals surface area contributed by atoms with E-state index < -0.39 is 0 Å². The number of hydrogen-bond donors (Lipinski definition) is 0. The van der Waals surface area contributed by atoms with E-state index in [0.29, 0.717) is 0 Å². The summed E-state index contributed by atoms with van der Waals surface area (Å²) in [6.45, 7) is 0. The van der Waals surface area contributed by atoms with Gasteiger partial charge < -0.3 is 9.32 Å². The van der Waals surface area contributed by atoms with Crippen LogP contribution in [0.15, 0.2) is 229 Å². The van der Waals surface area contributed by atoms with Crippen LogP contribution in [0.25, 0.3) is 77.6 Å². The molecule has 10 aromatic rings. The minimum atomic E-state index is 0.881. The molecular weight excluding hydrogens is 679 g/mol. The minimum Gasteiger partial charge on any atom is -0.455 e. The molecule has 0 bridgehead atoms. The highest BCUT2D eigenvalue weighted by Gasteiger charge is 2.20. The molecule has 264 valence electrons. The number of fused-ring (bicyclic) bond motifs is 2. The van der Waals surface area contributed by atoms with E-state index >= 15 is 0 Å². The number of nitrogens with zero attached hydrogens (tertiary/aromatic N) is 1. The molecule has 9 aromatic carbocycles. The molecule has 10 rings (SSSR count). The maximum absolute atomic E-state index is 6.58. The van der Waals surface area contributed by atoms with Crippen molar-refractivity contribution in [1.82, 2.24) is 0 Å². The summed E-state index contributed by atoms with van der Waals surface area (Å²) in [7, 11) is 0. The van der Waals surface area contributed by atoms with Gasteiger partial charge in [0, 0.05) is 33.5 Å². The highest BCUT2D eigenvalue weighted by molar-refractivity contribution is 6.02. The lowest BCUT2D eigenvalue weighted by Crippen LogP contribution is -2.11. The fourth-order valence-electron chi connectivity index (χ4n) is 8.01. The first-order valence-electron chi connectivity index (χ1n) is 19.1. The Kier molecular flexibility index (Phi) is 8.55. The number of anilines is 3. The Labute approximate surface area is 327 Å². The molecule has 1 aromatic heterocycles. The molecule has 0 saturated heterocycles.